The van der Waals surface area contributed by atoms with Crippen molar-refractivity contribution >= 4 is 46.3 Å². The molecule has 7 heteroatoms. The van der Waals surface area contributed by atoms with Crippen molar-refractivity contribution in [2.24, 2.45) is 5.92 Å². The van der Waals surface area contributed by atoms with Crippen molar-refractivity contribution < 1.29 is 19.4 Å². The molecule has 1 amide bonds. The first-order valence-corrected chi connectivity index (χ1v) is 9.45. The summed E-state index contributed by atoms with van der Waals surface area (Å²) in [4.78, 5) is 26.2. The molecule has 138 valence electrons. The highest BCUT2D eigenvalue weighted by atomic mass is 32.2. The largest absolute Gasteiger partial charge is 0.489 e. The second-order valence-corrected chi connectivity index (χ2v) is 7.53. The Morgan fingerprint density at radius 2 is 2.15 bits per heavy atom. The minimum Gasteiger partial charge on any atom is -0.489 e. The van der Waals surface area contributed by atoms with Gasteiger partial charge >= 0.3 is 5.97 Å². The van der Waals surface area contributed by atoms with Crippen LogP contribution in [0.15, 0.2) is 41.8 Å². The fraction of sp³-hybridized carbons (Fsp3) is 0.316. The number of carboxylic acid groups (broad SMARTS) is 1. The molecule has 1 saturated heterocycles. The third kappa shape index (κ3) is 4.34. The Morgan fingerprint density at radius 3 is 2.77 bits per heavy atom. The Balaban J connectivity index is 2.35. The van der Waals surface area contributed by atoms with Crippen molar-refractivity contribution in [3.05, 3.63) is 47.4 Å². The van der Waals surface area contributed by atoms with Crippen molar-refractivity contribution in [2.45, 2.75) is 26.3 Å². The average Bonchev–Trinajstić information content (AvgIpc) is 2.88. The van der Waals surface area contributed by atoms with Gasteiger partial charge in [0.15, 0.2) is 0 Å². The van der Waals surface area contributed by atoms with Crippen LogP contribution in [0.4, 0.5) is 0 Å². The molecule has 26 heavy (non-hydrogen) atoms. The van der Waals surface area contributed by atoms with E-state index in [1.165, 1.54) is 4.90 Å². The minimum atomic E-state index is -1.05. The molecule has 2 unspecified atom stereocenters. The Bertz CT molecular complexity index is 760. The van der Waals surface area contributed by atoms with Crippen LogP contribution in [0, 0.1) is 5.92 Å². The molecule has 1 heterocycles. The smallest absolute Gasteiger partial charge is 0.327 e. The number of carboxylic acids is 1. The first-order chi connectivity index (χ1) is 12.4. The third-order valence-corrected chi connectivity index (χ3v) is 5.43. The molecule has 5 nitrogen and oxygen atoms in total. The highest BCUT2D eigenvalue weighted by Crippen LogP contribution is 2.37. The van der Waals surface area contributed by atoms with Gasteiger partial charge in [-0.15, -0.1) is 0 Å². The van der Waals surface area contributed by atoms with Crippen LogP contribution in [0.2, 0.25) is 0 Å². The van der Waals surface area contributed by atoms with Crippen molar-refractivity contribution in [1.29, 1.82) is 0 Å². The van der Waals surface area contributed by atoms with E-state index in [0.29, 0.717) is 23.7 Å². The van der Waals surface area contributed by atoms with E-state index in [-0.39, 0.29) is 16.1 Å². The maximum absolute atomic E-state index is 12.8. The summed E-state index contributed by atoms with van der Waals surface area (Å²) in [5.41, 5.74) is 0.727. The van der Waals surface area contributed by atoms with E-state index in [1.54, 1.807) is 25.1 Å². The summed E-state index contributed by atoms with van der Waals surface area (Å²) in [6, 6.07) is 6.34. The number of thioether (sulfide) groups is 1. The maximum Gasteiger partial charge on any atom is 0.327 e. The van der Waals surface area contributed by atoms with Crippen molar-refractivity contribution in [2.75, 3.05) is 6.61 Å². The van der Waals surface area contributed by atoms with E-state index < -0.39 is 12.0 Å². The Morgan fingerprint density at radius 1 is 1.46 bits per heavy atom. The van der Waals surface area contributed by atoms with E-state index in [4.69, 9.17) is 17.0 Å². The molecule has 2 rings (SSSR count). The van der Waals surface area contributed by atoms with Gasteiger partial charge < -0.3 is 9.84 Å². The van der Waals surface area contributed by atoms with Gasteiger partial charge in [0.2, 0.25) is 0 Å². The molecule has 1 aliphatic heterocycles. The molecule has 1 fully saturated rings. The van der Waals surface area contributed by atoms with E-state index in [1.807, 2.05) is 25.1 Å². The maximum atomic E-state index is 12.8. The fourth-order valence-corrected chi connectivity index (χ4v) is 3.89. The lowest BCUT2D eigenvalue weighted by atomic mass is 9.98. The summed E-state index contributed by atoms with van der Waals surface area (Å²) in [5, 5.41) is 9.58. The van der Waals surface area contributed by atoms with Gasteiger partial charge in [0.05, 0.1) is 4.91 Å². The van der Waals surface area contributed by atoms with E-state index in [0.717, 1.165) is 17.3 Å². The number of rotatable bonds is 8. The first-order valence-electron chi connectivity index (χ1n) is 8.23. The lowest BCUT2D eigenvalue weighted by molar-refractivity contribution is -0.147. The quantitative estimate of drug-likeness (QED) is 0.411. The molecule has 2 atom stereocenters. The highest BCUT2D eigenvalue weighted by Gasteiger charge is 2.42. The monoisotopic (exact) mass is 391 g/mol. The predicted octanol–water partition coefficient (Wildman–Crippen LogP) is 3.95. The molecule has 1 N–H and O–H groups in total. The first kappa shape index (κ1) is 20.2. The number of benzene rings is 1. The number of carbonyl (C=O) groups is 2. The van der Waals surface area contributed by atoms with Crippen LogP contribution >= 0.6 is 24.0 Å². The molecule has 1 aliphatic rings. The lowest BCUT2D eigenvalue weighted by Gasteiger charge is -2.27. The predicted molar refractivity (Wildman–Crippen MR) is 108 cm³/mol. The number of hydrogen-bond acceptors (Lipinski definition) is 5. The normalized spacial score (nSPS) is 18.1. The molecular weight excluding hydrogens is 370 g/mol. The lowest BCUT2D eigenvalue weighted by Crippen LogP contribution is -2.47. The second-order valence-electron chi connectivity index (χ2n) is 5.86. The van der Waals surface area contributed by atoms with Crippen LogP contribution in [0.5, 0.6) is 5.75 Å². The molecule has 0 bridgehead atoms. The van der Waals surface area contributed by atoms with Gasteiger partial charge in [-0.05, 0) is 18.1 Å². The molecular formula is C19H21NO4S2. The van der Waals surface area contributed by atoms with Gasteiger partial charge in [-0.25, -0.2) is 4.79 Å². The summed E-state index contributed by atoms with van der Waals surface area (Å²) in [6.45, 7) is 7.67. The summed E-state index contributed by atoms with van der Waals surface area (Å²) in [5.74, 6) is -1.02. The van der Waals surface area contributed by atoms with Crippen LogP contribution in [-0.2, 0) is 9.59 Å². The molecule has 0 spiro atoms. The molecule has 0 saturated carbocycles. The standard InChI is InChI=1S/C19H21NO4S2/c1-4-10-24-14-9-7-6-8-13(14)11-15-17(21)20(19(25)26-15)16(18(22)23)12(3)5-2/h4,6-9,11-12,16H,1,5,10H2,2-3H3,(H,22,23)/b15-11-. The van der Waals surface area contributed by atoms with Crippen LogP contribution < -0.4 is 4.74 Å². The average molecular weight is 392 g/mol. The number of ether oxygens (including phenoxy) is 1. The van der Waals surface area contributed by atoms with Crippen molar-refractivity contribution in [1.82, 2.24) is 4.90 Å². The third-order valence-electron chi connectivity index (χ3n) is 4.10. The number of amides is 1. The number of carbonyl (C=O) groups excluding carboxylic acids is 1. The number of para-hydroxylation sites is 1. The highest BCUT2D eigenvalue weighted by molar-refractivity contribution is 8.26. The summed E-state index contributed by atoms with van der Waals surface area (Å²) in [7, 11) is 0. The fourth-order valence-electron chi connectivity index (χ4n) is 2.57. The zero-order chi connectivity index (χ0) is 19.3. The number of thiocarbonyl (C=S) groups is 1. The van der Waals surface area contributed by atoms with Crippen molar-refractivity contribution in [3.8, 4) is 5.75 Å². The van der Waals surface area contributed by atoms with Gasteiger partial charge in [0, 0.05) is 5.56 Å². The van der Waals surface area contributed by atoms with Gasteiger partial charge in [-0.1, -0.05) is 75.1 Å². The minimum absolute atomic E-state index is 0.211. The van der Waals surface area contributed by atoms with Crippen molar-refractivity contribution in [3.63, 3.8) is 0 Å². The van der Waals surface area contributed by atoms with Crippen LogP contribution in [0.1, 0.15) is 25.8 Å². The van der Waals surface area contributed by atoms with Gasteiger partial charge in [0.25, 0.3) is 5.91 Å². The van der Waals surface area contributed by atoms with Gasteiger partial charge in [-0.2, -0.15) is 0 Å². The molecule has 0 aliphatic carbocycles. The van der Waals surface area contributed by atoms with Crippen LogP contribution in [0.3, 0.4) is 0 Å². The van der Waals surface area contributed by atoms with E-state index in [2.05, 4.69) is 6.58 Å². The number of aliphatic carboxylic acids is 1. The van der Waals surface area contributed by atoms with Crippen LogP contribution in [-0.4, -0.2) is 38.9 Å². The summed E-state index contributed by atoms with van der Waals surface area (Å²) in [6.07, 6.45) is 3.96. The molecule has 0 radical (unpaired) electrons. The zero-order valence-corrected chi connectivity index (χ0v) is 16.3. The Labute approximate surface area is 162 Å². The summed E-state index contributed by atoms with van der Waals surface area (Å²) >= 11 is 6.41. The Hall–Kier alpha value is -2.12. The number of nitrogens with zero attached hydrogens (tertiary/aromatic N) is 1. The van der Waals surface area contributed by atoms with Crippen LogP contribution in [0.25, 0.3) is 6.08 Å². The molecule has 1 aromatic carbocycles. The number of hydrogen-bond donors (Lipinski definition) is 1. The molecule has 0 aromatic heterocycles. The topological polar surface area (TPSA) is 66.8 Å². The summed E-state index contributed by atoms with van der Waals surface area (Å²) < 4.78 is 5.87. The van der Waals surface area contributed by atoms with E-state index in [9.17, 15) is 14.7 Å². The molecule has 1 aromatic rings. The zero-order valence-electron chi connectivity index (χ0n) is 14.7. The SMILES string of the molecule is C=CCOc1ccccc1/C=C1\SC(=S)N(C(C(=O)O)C(C)CC)C1=O. The Kier molecular flexibility index (Phi) is 6.99. The van der Waals surface area contributed by atoms with Gasteiger partial charge in [-0.3, -0.25) is 9.69 Å². The van der Waals surface area contributed by atoms with E-state index >= 15 is 0 Å². The second kappa shape index (κ2) is 9.00. The van der Waals surface area contributed by atoms with Gasteiger partial charge in [0.1, 0.15) is 22.7 Å².